The van der Waals surface area contributed by atoms with Gasteiger partial charge in [0.2, 0.25) is 6.79 Å². The number of rotatable bonds is 4. The average Bonchev–Trinajstić information content (AvgIpc) is 2.93. The van der Waals surface area contributed by atoms with E-state index in [9.17, 15) is 0 Å². The van der Waals surface area contributed by atoms with Gasteiger partial charge in [-0.25, -0.2) is 0 Å². The maximum Gasteiger partial charge on any atom is 0.231 e. The molecule has 1 aromatic rings. The molecule has 0 radical (unpaired) electrons. The Balaban J connectivity index is 1.59. The van der Waals surface area contributed by atoms with Crippen LogP contribution in [0.15, 0.2) is 18.2 Å². The number of nitrogens with zero attached hydrogens (tertiary/aromatic N) is 2. The smallest absolute Gasteiger partial charge is 0.231 e. The third-order valence-corrected chi connectivity index (χ3v) is 3.77. The summed E-state index contributed by atoms with van der Waals surface area (Å²) in [5.74, 6) is 1.73. The molecule has 1 fully saturated rings. The molecule has 2 heterocycles. The fourth-order valence-corrected chi connectivity index (χ4v) is 2.58. The first-order valence-electron chi connectivity index (χ1n) is 6.88. The Kier molecular flexibility index (Phi) is 3.75. The van der Waals surface area contributed by atoms with Gasteiger partial charge in [-0.3, -0.25) is 4.90 Å². The second kappa shape index (κ2) is 5.67. The summed E-state index contributed by atoms with van der Waals surface area (Å²) < 4.78 is 10.8. The van der Waals surface area contributed by atoms with Crippen LogP contribution < -0.4 is 19.7 Å². The van der Waals surface area contributed by atoms with Crippen molar-refractivity contribution in [3.63, 3.8) is 0 Å². The second-order valence-corrected chi connectivity index (χ2v) is 4.97. The summed E-state index contributed by atoms with van der Waals surface area (Å²) in [5.41, 5.74) is 1.23. The molecule has 1 aromatic carbocycles. The molecule has 1 N–H and O–H groups in total. The first kappa shape index (κ1) is 12.6. The lowest BCUT2D eigenvalue weighted by atomic mass is 10.2. The lowest BCUT2D eigenvalue weighted by molar-refractivity contribution is 0.174. The summed E-state index contributed by atoms with van der Waals surface area (Å²) in [4.78, 5) is 4.91. The maximum absolute atomic E-state index is 5.44. The Morgan fingerprint density at radius 3 is 2.68 bits per heavy atom. The topological polar surface area (TPSA) is 37.0 Å². The molecular formula is C14H21N3O2. The summed E-state index contributed by atoms with van der Waals surface area (Å²) in [6.45, 7) is 6.92. The lowest BCUT2D eigenvalue weighted by Gasteiger charge is -2.36. The van der Waals surface area contributed by atoms with Crippen molar-refractivity contribution in [3.8, 4) is 11.5 Å². The third-order valence-electron chi connectivity index (χ3n) is 3.77. The van der Waals surface area contributed by atoms with Crippen molar-refractivity contribution < 1.29 is 9.47 Å². The molecule has 0 aliphatic carbocycles. The van der Waals surface area contributed by atoms with Crippen molar-refractivity contribution in [3.05, 3.63) is 18.2 Å². The van der Waals surface area contributed by atoms with E-state index in [1.165, 1.54) is 5.69 Å². The number of hydrogen-bond donors (Lipinski definition) is 1. The van der Waals surface area contributed by atoms with E-state index in [1.807, 2.05) is 13.1 Å². The van der Waals surface area contributed by atoms with E-state index >= 15 is 0 Å². The first-order chi connectivity index (χ1) is 9.36. The van der Waals surface area contributed by atoms with E-state index in [1.54, 1.807) is 0 Å². The predicted octanol–water partition coefficient (Wildman–Crippen LogP) is 0.757. The Hall–Kier alpha value is -1.46. The van der Waals surface area contributed by atoms with Gasteiger partial charge in [0.15, 0.2) is 11.5 Å². The van der Waals surface area contributed by atoms with Crippen molar-refractivity contribution in [2.75, 3.05) is 58.0 Å². The standard InChI is InChI=1S/C14H21N3O2/c1-15-4-5-16-6-8-17(9-7-16)12-2-3-13-14(10-12)19-11-18-13/h2-3,10,15H,4-9,11H2,1H3. The van der Waals surface area contributed by atoms with Crippen LogP contribution in [0.25, 0.3) is 0 Å². The number of ether oxygens (including phenoxy) is 2. The fourth-order valence-electron chi connectivity index (χ4n) is 2.58. The third kappa shape index (κ3) is 2.77. The van der Waals surface area contributed by atoms with Gasteiger partial charge in [0.1, 0.15) is 0 Å². The number of anilines is 1. The molecule has 5 nitrogen and oxygen atoms in total. The SMILES string of the molecule is CNCCN1CCN(c2ccc3c(c2)OCO3)CC1. The van der Waals surface area contributed by atoms with Crippen molar-refractivity contribution in [2.24, 2.45) is 0 Å². The Morgan fingerprint density at radius 2 is 1.89 bits per heavy atom. The molecular weight excluding hydrogens is 242 g/mol. The molecule has 2 aliphatic rings. The first-order valence-corrected chi connectivity index (χ1v) is 6.88. The van der Waals surface area contributed by atoms with Crippen LogP contribution in [0.3, 0.4) is 0 Å². The van der Waals surface area contributed by atoms with E-state index in [-0.39, 0.29) is 0 Å². The normalized spacial score (nSPS) is 18.9. The number of likely N-dealkylation sites (N-methyl/N-ethyl adjacent to an activating group) is 1. The minimum atomic E-state index is 0.344. The quantitative estimate of drug-likeness (QED) is 0.868. The molecule has 19 heavy (non-hydrogen) atoms. The molecule has 0 saturated carbocycles. The fraction of sp³-hybridized carbons (Fsp3) is 0.571. The summed E-state index contributed by atoms with van der Waals surface area (Å²) in [6, 6.07) is 6.22. The number of benzene rings is 1. The van der Waals surface area contributed by atoms with Crippen LogP contribution in [0.2, 0.25) is 0 Å². The van der Waals surface area contributed by atoms with Crippen LogP contribution in [0.1, 0.15) is 0 Å². The van der Waals surface area contributed by atoms with Gasteiger partial charge < -0.3 is 19.7 Å². The molecule has 0 atom stereocenters. The largest absolute Gasteiger partial charge is 0.454 e. The van der Waals surface area contributed by atoms with Gasteiger partial charge >= 0.3 is 0 Å². The van der Waals surface area contributed by atoms with Gasteiger partial charge in [-0.2, -0.15) is 0 Å². The van der Waals surface area contributed by atoms with Crippen molar-refractivity contribution in [1.82, 2.24) is 10.2 Å². The van der Waals surface area contributed by atoms with E-state index in [0.29, 0.717) is 6.79 Å². The highest BCUT2D eigenvalue weighted by molar-refractivity contribution is 5.57. The molecule has 3 rings (SSSR count). The summed E-state index contributed by atoms with van der Waals surface area (Å²) in [7, 11) is 2.00. The van der Waals surface area contributed by atoms with Gasteiger partial charge in [-0.05, 0) is 19.2 Å². The molecule has 0 amide bonds. The minimum Gasteiger partial charge on any atom is -0.454 e. The van der Waals surface area contributed by atoms with Crippen LogP contribution in [0.4, 0.5) is 5.69 Å². The number of nitrogens with one attached hydrogen (secondary N) is 1. The van der Waals surface area contributed by atoms with Gasteiger partial charge in [0.25, 0.3) is 0 Å². The number of hydrogen-bond acceptors (Lipinski definition) is 5. The average molecular weight is 263 g/mol. The van der Waals surface area contributed by atoms with Crippen LogP contribution in [-0.4, -0.2) is 58.0 Å². The number of fused-ring (bicyclic) bond motifs is 1. The summed E-state index contributed by atoms with van der Waals surface area (Å²) >= 11 is 0. The zero-order valence-corrected chi connectivity index (χ0v) is 11.4. The van der Waals surface area contributed by atoms with Crippen LogP contribution in [0.5, 0.6) is 11.5 Å². The van der Waals surface area contributed by atoms with Crippen LogP contribution in [0, 0.1) is 0 Å². The van der Waals surface area contributed by atoms with Gasteiger partial charge in [-0.15, -0.1) is 0 Å². The van der Waals surface area contributed by atoms with Gasteiger partial charge in [-0.1, -0.05) is 0 Å². The maximum atomic E-state index is 5.44. The van der Waals surface area contributed by atoms with Crippen molar-refractivity contribution >= 4 is 5.69 Å². The summed E-state index contributed by atoms with van der Waals surface area (Å²) in [5, 5.41) is 3.20. The highest BCUT2D eigenvalue weighted by atomic mass is 16.7. The zero-order valence-electron chi connectivity index (χ0n) is 11.4. The molecule has 0 spiro atoms. The Morgan fingerprint density at radius 1 is 1.11 bits per heavy atom. The highest BCUT2D eigenvalue weighted by Crippen LogP contribution is 2.35. The lowest BCUT2D eigenvalue weighted by Crippen LogP contribution is -2.48. The van der Waals surface area contributed by atoms with E-state index in [0.717, 1.165) is 50.8 Å². The van der Waals surface area contributed by atoms with Gasteiger partial charge in [0, 0.05) is 51.0 Å². The molecule has 5 heteroatoms. The second-order valence-electron chi connectivity index (χ2n) is 4.97. The molecule has 0 aromatic heterocycles. The number of piperazine rings is 1. The minimum absolute atomic E-state index is 0.344. The molecule has 1 saturated heterocycles. The van der Waals surface area contributed by atoms with E-state index in [2.05, 4.69) is 27.2 Å². The van der Waals surface area contributed by atoms with E-state index < -0.39 is 0 Å². The Labute approximate surface area is 114 Å². The van der Waals surface area contributed by atoms with Crippen LogP contribution in [-0.2, 0) is 0 Å². The molecule has 2 aliphatic heterocycles. The van der Waals surface area contributed by atoms with E-state index in [4.69, 9.17) is 9.47 Å². The van der Waals surface area contributed by atoms with Gasteiger partial charge in [0.05, 0.1) is 0 Å². The Bertz CT molecular complexity index is 431. The zero-order chi connectivity index (χ0) is 13.1. The molecule has 0 unspecified atom stereocenters. The van der Waals surface area contributed by atoms with Crippen molar-refractivity contribution in [1.29, 1.82) is 0 Å². The molecule has 104 valence electrons. The monoisotopic (exact) mass is 263 g/mol. The van der Waals surface area contributed by atoms with Crippen molar-refractivity contribution in [2.45, 2.75) is 0 Å². The van der Waals surface area contributed by atoms with Crippen LogP contribution >= 0.6 is 0 Å². The molecule has 0 bridgehead atoms. The highest BCUT2D eigenvalue weighted by Gasteiger charge is 2.19. The summed E-state index contributed by atoms with van der Waals surface area (Å²) in [6.07, 6.45) is 0. The predicted molar refractivity (Wildman–Crippen MR) is 75.1 cm³/mol.